The van der Waals surface area contributed by atoms with Gasteiger partial charge in [0.25, 0.3) is 0 Å². The van der Waals surface area contributed by atoms with Gasteiger partial charge in [0.1, 0.15) is 5.75 Å². The average molecular weight is 235 g/mol. The summed E-state index contributed by atoms with van der Waals surface area (Å²) in [6, 6.07) is 4.93. The standard InChI is InChI=1S/C12H13NO4/c1-2-3-6-16-8-4-5-10-9(7-8)11(14)17-12(15)13-10/h4-5,7H,2-3,6H2,1H3,(H,13,15). The molecule has 0 saturated heterocycles. The van der Waals surface area contributed by atoms with Gasteiger partial charge in [-0.15, -0.1) is 0 Å². The molecule has 0 fully saturated rings. The van der Waals surface area contributed by atoms with Gasteiger partial charge >= 0.3 is 11.4 Å². The Bertz CT molecular complexity index is 626. The predicted octanol–water partition coefficient (Wildman–Crippen LogP) is 1.66. The molecule has 2 rings (SSSR count). The summed E-state index contributed by atoms with van der Waals surface area (Å²) in [6.07, 6.45) is 2.00. The van der Waals surface area contributed by atoms with E-state index in [0.29, 0.717) is 23.3 Å². The Morgan fingerprint density at radius 1 is 1.35 bits per heavy atom. The van der Waals surface area contributed by atoms with Gasteiger partial charge < -0.3 is 9.15 Å². The summed E-state index contributed by atoms with van der Waals surface area (Å²) in [5.41, 5.74) is -0.196. The predicted molar refractivity (Wildman–Crippen MR) is 63.5 cm³/mol. The number of hydrogen-bond acceptors (Lipinski definition) is 4. The number of unbranched alkanes of at least 4 members (excludes halogenated alkanes) is 1. The quantitative estimate of drug-likeness (QED) is 0.818. The molecule has 2 aromatic rings. The summed E-state index contributed by atoms with van der Waals surface area (Å²) >= 11 is 0. The summed E-state index contributed by atoms with van der Waals surface area (Å²) in [5, 5.41) is 0.318. The first-order valence-electron chi connectivity index (χ1n) is 5.50. The molecule has 1 aromatic carbocycles. The molecule has 5 nitrogen and oxygen atoms in total. The highest BCUT2D eigenvalue weighted by Crippen LogP contribution is 2.16. The monoisotopic (exact) mass is 235 g/mol. The first-order chi connectivity index (χ1) is 8.20. The van der Waals surface area contributed by atoms with E-state index in [1.165, 1.54) is 0 Å². The molecule has 0 atom stereocenters. The van der Waals surface area contributed by atoms with Crippen LogP contribution >= 0.6 is 0 Å². The second-order valence-corrected chi connectivity index (χ2v) is 3.71. The van der Waals surface area contributed by atoms with E-state index >= 15 is 0 Å². The minimum atomic E-state index is -0.748. The Labute approximate surface area is 97.0 Å². The third-order valence-corrected chi connectivity index (χ3v) is 2.40. The van der Waals surface area contributed by atoms with Crippen molar-refractivity contribution in [3.63, 3.8) is 0 Å². The van der Waals surface area contributed by atoms with Crippen molar-refractivity contribution in [1.29, 1.82) is 0 Å². The summed E-state index contributed by atoms with van der Waals surface area (Å²) in [7, 11) is 0. The van der Waals surface area contributed by atoms with Crippen molar-refractivity contribution >= 4 is 10.9 Å². The lowest BCUT2D eigenvalue weighted by Crippen LogP contribution is -2.14. The van der Waals surface area contributed by atoms with Gasteiger partial charge in [-0.25, -0.2) is 9.59 Å². The lowest BCUT2D eigenvalue weighted by atomic mass is 10.2. The molecule has 0 amide bonds. The molecule has 0 saturated carbocycles. The van der Waals surface area contributed by atoms with Crippen LogP contribution in [-0.2, 0) is 0 Å². The zero-order valence-corrected chi connectivity index (χ0v) is 9.49. The third-order valence-electron chi connectivity index (χ3n) is 2.40. The number of H-pyrrole nitrogens is 1. The second-order valence-electron chi connectivity index (χ2n) is 3.71. The van der Waals surface area contributed by atoms with Crippen LogP contribution in [0.3, 0.4) is 0 Å². The highest BCUT2D eigenvalue weighted by atomic mass is 16.5. The van der Waals surface area contributed by atoms with Crippen LogP contribution in [0.25, 0.3) is 10.9 Å². The fourth-order valence-corrected chi connectivity index (χ4v) is 1.50. The van der Waals surface area contributed by atoms with Crippen LogP contribution in [0.2, 0.25) is 0 Å². The Morgan fingerprint density at radius 2 is 2.18 bits per heavy atom. The van der Waals surface area contributed by atoms with Gasteiger partial charge in [0.05, 0.1) is 17.5 Å². The molecule has 0 spiro atoms. The smallest absolute Gasteiger partial charge is 0.419 e. The summed E-state index contributed by atoms with van der Waals surface area (Å²) in [5.74, 6) is -0.146. The molecule has 0 radical (unpaired) electrons. The number of aromatic nitrogens is 1. The van der Waals surface area contributed by atoms with Crippen molar-refractivity contribution < 1.29 is 9.15 Å². The lowest BCUT2D eigenvalue weighted by molar-refractivity contribution is 0.309. The zero-order valence-electron chi connectivity index (χ0n) is 9.49. The van der Waals surface area contributed by atoms with Crippen LogP contribution in [0.1, 0.15) is 19.8 Å². The molecule has 0 bridgehead atoms. The number of ether oxygens (including phenoxy) is 1. The molecular weight excluding hydrogens is 222 g/mol. The van der Waals surface area contributed by atoms with Crippen molar-refractivity contribution in [3.05, 3.63) is 39.2 Å². The molecule has 1 aromatic heterocycles. The highest BCUT2D eigenvalue weighted by Gasteiger charge is 2.04. The van der Waals surface area contributed by atoms with Crippen LogP contribution in [-0.4, -0.2) is 11.6 Å². The van der Waals surface area contributed by atoms with Crippen molar-refractivity contribution in [2.24, 2.45) is 0 Å². The van der Waals surface area contributed by atoms with Crippen LogP contribution in [0.5, 0.6) is 5.75 Å². The minimum absolute atomic E-state index is 0.318. The zero-order chi connectivity index (χ0) is 12.3. The third kappa shape index (κ3) is 2.55. The topological polar surface area (TPSA) is 72.3 Å². The summed E-state index contributed by atoms with van der Waals surface area (Å²) in [6.45, 7) is 2.68. The Hall–Kier alpha value is -2.04. The number of nitrogens with one attached hydrogen (secondary N) is 1. The highest BCUT2D eigenvalue weighted by molar-refractivity contribution is 5.78. The van der Waals surface area contributed by atoms with Gasteiger partial charge in [-0.3, -0.25) is 4.98 Å². The second kappa shape index (κ2) is 4.86. The minimum Gasteiger partial charge on any atom is -0.494 e. The van der Waals surface area contributed by atoms with Crippen LogP contribution < -0.4 is 16.1 Å². The van der Waals surface area contributed by atoms with E-state index in [1.807, 2.05) is 0 Å². The van der Waals surface area contributed by atoms with E-state index in [-0.39, 0.29) is 0 Å². The Balaban J connectivity index is 2.37. The molecule has 0 unspecified atom stereocenters. The van der Waals surface area contributed by atoms with Crippen LogP contribution in [0, 0.1) is 0 Å². The van der Waals surface area contributed by atoms with Gasteiger partial charge in [-0.2, -0.15) is 0 Å². The van der Waals surface area contributed by atoms with E-state index in [1.54, 1.807) is 18.2 Å². The number of hydrogen-bond donors (Lipinski definition) is 1. The van der Waals surface area contributed by atoms with Crippen molar-refractivity contribution in [1.82, 2.24) is 4.98 Å². The summed E-state index contributed by atoms with van der Waals surface area (Å²) < 4.78 is 9.92. The molecule has 90 valence electrons. The van der Waals surface area contributed by atoms with E-state index in [0.717, 1.165) is 12.8 Å². The van der Waals surface area contributed by atoms with Crippen LogP contribution in [0.4, 0.5) is 0 Å². The van der Waals surface area contributed by atoms with Gasteiger partial charge in [-0.05, 0) is 24.6 Å². The van der Waals surface area contributed by atoms with Gasteiger partial charge in [-0.1, -0.05) is 13.3 Å². The lowest BCUT2D eigenvalue weighted by Gasteiger charge is -2.05. The normalized spacial score (nSPS) is 10.6. The molecule has 17 heavy (non-hydrogen) atoms. The fraction of sp³-hybridized carbons (Fsp3) is 0.333. The molecule has 0 aliphatic heterocycles. The van der Waals surface area contributed by atoms with E-state index in [2.05, 4.69) is 16.3 Å². The first-order valence-corrected chi connectivity index (χ1v) is 5.50. The number of aromatic amines is 1. The SMILES string of the molecule is CCCCOc1ccc2[nH]c(=O)oc(=O)c2c1. The maximum absolute atomic E-state index is 11.4. The fourth-order valence-electron chi connectivity index (χ4n) is 1.50. The number of fused-ring (bicyclic) bond motifs is 1. The molecule has 0 aliphatic rings. The Kier molecular flexibility index (Phi) is 3.27. The van der Waals surface area contributed by atoms with Crippen molar-refractivity contribution in [2.75, 3.05) is 6.61 Å². The molecular formula is C12H13NO4. The van der Waals surface area contributed by atoms with Gasteiger partial charge in [0, 0.05) is 0 Å². The van der Waals surface area contributed by atoms with E-state index < -0.39 is 11.4 Å². The molecule has 0 aliphatic carbocycles. The summed E-state index contributed by atoms with van der Waals surface area (Å²) in [4.78, 5) is 24.8. The number of benzene rings is 1. The Morgan fingerprint density at radius 3 is 2.94 bits per heavy atom. The molecule has 1 heterocycles. The van der Waals surface area contributed by atoms with Crippen molar-refractivity contribution in [3.8, 4) is 5.75 Å². The maximum atomic E-state index is 11.4. The van der Waals surface area contributed by atoms with Gasteiger partial charge in [0.15, 0.2) is 0 Å². The molecule has 5 heteroatoms. The first kappa shape index (κ1) is 11.4. The molecule has 1 N–H and O–H groups in total. The average Bonchev–Trinajstić information content (AvgIpc) is 2.30. The van der Waals surface area contributed by atoms with Gasteiger partial charge in [0.2, 0.25) is 0 Å². The maximum Gasteiger partial charge on any atom is 0.419 e. The van der Waals surface area contributed by atoms with Crippen molar-refractivity contribution in [2.45, 2.75) is 19.8 Å². The number of rotatable bonds is 4. The van der Waals surface area contributed by atoms with Crippen LogP contribution in [0.15, 0.2) is 32.2 Å². The van der Waals surface area contributed by atoms with E-state index in [4.69, 9.17) is 4.74 Å². The van der Waals surface area contributed by atoms with E-state index in [9.17, 15) is 9.59 Å². The largest absolute Gasteiger partial charge is 0.494 e.